The molecule has 4 N–H and O–H groups in total. The van der Waals surface area contributed by atoms with Gasteiger partial charge in [-0.1, -0.05) is 53.9 Å². The SMILES string of the molecule is CNC(=O)[C@H](CCC(=O)O)NC(=O)CCCCN[C@H]1CCC2(C)C3CCC4(C)C([C@H](C)CCCC(C)C)CC[C@H]4[C@H]3CC[C@H]2C1. The van der Waals surface area contributed by atoms with Crippen molar-refractivity contribution in [2.75, 3.05) is 13.6 Å². The molecule has 0 aliphatic heterocycles. The predicted octanol–water partition coefficient (Wildman–Crippen LogP) is 7.33. The fourth-order valence-corrected chi connectivity index (χ4v) is 11.2. The molecule has 4 saturated carbocycles. The van der Waals surface area contributed by atoms with Crippen LogP contribution in [0.2, 0.25) is 0 Å². The lowest BCUT2D eigenvalue weighted by Crippen LogP contribution is -2.55. The van der Waals surface area contributed by atoms with Crippen LogP contribution in [0.15, 0.2) is 0 Å². The maximum atomic E-state index is 12.4. The number of hydrogen-bond donors (Lipinski definition) is 4. The van der Waals surface area contributed by atoms with Gasteiger partial charge in [0.15, 0.2) is 0 Å². The predicted molar refractivity (Wildman–Crippen MR) is 182 cm³/mol. The van der Waals surface area contributed by atoms with E-state index in [-0.39, 0.29) is 24.7 Å². The third-order valence-corrected chi connectivity index (χ3v) is 13.7. The van der Waals surface area contributed by atoms with E-state index in [4.69, 9.17) is 5.11 Å². The van der Waals surface area contributed by atoms with Crippen molar-refractivity contribution in [3.63, 3.8) is 0 Å². The van der Waals surface area contributed by atoms with Crippen molar-refractivity contribution < 1.29 is 19.5 Å². The zero-order valence-electron chi connectivity index (χ0n) is 29.6. The van der Waals surface area contributed by atoms with Crippen molar-refractivity contribution in [1.82, 2.24) is 16.0 Å². The van der Waals surface area contributed by atoms with Crippen LogP contribution in [0.4, 0.5) is 0 Å². The number of nitrogens with one attached hydrogen (secondary N) is 3. The molecule has 4 rings (SSSR count). The molecule has 0 aromatic carbocycles. The summed E-state index contributed by atoms with van der Waals surface area (Å²) in [6.07, 6.45) is 18.8. The van der Waals surface area contributed by atoms with Gasteiger partial charge in [0.1, 0.15) is 6.04 Å². The number of amides is 2. The fraction of sp³-hybridized carbons (Fsp3) is 0.921. The van der Waals surface area contributed by atoms with Gasteiger partial charge in [0, 0.05) is 25.9 Å². The highest BCUT2D eigenvalue weighted by Crippen LogP contribution is 2.68. The third-order valence-electron chi connectivity index (χ3n) is 13.7. The normalized spacial score (nSPS) is 35.5. The first-order valence-electron chi connectivity index (χ1n) is 18.8. The second-order valence-corrected chi connectivity index (χ2v) is 16.7. The van der Waals surface area contributed by atoms with E-state index in [2.05, 4.69) is 50.6 Å². The average molecular weight is 630 g/mol. The Morgan fingerprint density at radius 1 is 0.822 bits per heavy atom. The van der Waals surface area contributed by atoms with Crippen LogP contribution in [0.3, 0.4) is 0 Å². The number of carboxylic acids is 1. The molecule has 0 radical (unpaired) electrons. The van der Waals surface area contributed by atoms with Crippen molar-refractivity contribution in [3.8, 4) is 0 Å². The number of fused-ring (bicyclic) bond motifs is 5. The number of likely N-dealkylation sites (N-methyl/N-ethyl adjacent to an activating group) is 1. The summed E-state index contributed by atoms with van der Waals surface area (Å²) in [5.41, 5.74) is 1.07. The second kappa shape index (κ2) is 16.0. The summed E-state index contributed by atoms with van der Waals surface area (Å²) in [6.45, 7) is 13.6. The van der Waals surface area contributed by atoms with E-state index in [0.29, 0.717) is 23.3 Å². The number of aliphatic carboxylic acids is 1. The minimum absolute atomic E-state index is 0.101. The molecule has 4 aliphatic rings. The highest BCUT2D eigenvalue weighted by Gasteiger charge is 2.60. The van der Waals surface area contributed by atoms with Crippen LogP contribution in [-0.4, -0.2) is 48.6 Å². The summed E-state index contributed by atoms with van der Waals surface area (Å²) in [6, 6.07) is -0.210. The Bertz CT molecular complexity index is 1000. The van der Waals surface area contributed by atoms with Gasteiger partial charge in [-0.2, -0.15) is 0 Å². The molecule has 0 saturated heterocycles. The Balaban J connectivity index is 1.20. The highest BCUT2D eigenvalue weighted by atomic mass is 16.4. The Kier molecular flexibility index (Phi) is 12.9. The van der Waals surface area contributed by atoms with Crippen LogP contribution in [0.1, 0.15) is 144 Å². The standard InChI is InChI=1S/C38H67N3O4/c1-25(2)10-9-11-26(3)30-15-16-31-29-14-13-27-24-28(19-21-37(27,4)32(29)20-22-38(30,31)5)40-23-8-7-12-34(42)41-33(36(45)39-6)17-18-35(43)44/h25-33,40H,7-24H2,1-6H3,(H,39,45)(H,41,42)(H,43,44)/t26-,27+,28+,29-,30?,31+,32?,33+,37?,38?/m1/s1. The Morgan fingerprint density at radius 2 is 1.56 bits per heavy atom. The van der Waals surface area contributed by atoms with Crippen molar-refractivity contribution in [3.05, 3.63) is 0 Å². The molecule has 4 fully saturated rings. The van der Waals surface area contributed by atoms with Crippen LogP contribution in [0.5, 0.6) is 0 Å². The molecule has 10 atom stereocenters. The van der Waals surface area contributed by atoms with Crippen LogP contribution in [0, 0.1) is 52.3 Å². The molecule has 258 valence electrons. The van der Waals surface area contributed by atoms with Crippen molar-refractivity contribution in [2.45, 2.75) is 156 Å². The molecule has 4 aliphatic carbocycles. The summed E-state index contributed by atoms with van der Waals surface area (Å²) in [5, 5.41) is 18.0. The number of carbonyl (C=O) groups excluding carboxylic acids is 2. The second-order valence-electron chi connectivity index (χ2n) is 16.7. The smallest absolute Gasteiger partial charge is 0.303 e. The molecular formula is C38H67N3O4. The van der Waals surface area contributed by atoms with Crippen LogP contribution < -0.4 is 16.0 Å². The van der Waals surface area contributed by atoms with E-state index < -0.39 is 12.0 Å². The van der Waals surface area contributed by atoms with Gasteiger partial charge in [-0.05, 0) is 136 Å². The quantitative estimate of drug-likeness (QED) is 0.134. The summed E-state index contributed by atoms with van der Waals surface area (Å²) >= 11 is 0. The maximum Gasteiger partial charge on any atom is 0.303 e. The van der Waals surface area contributed by atoms with Gasteiger partial charge in [-0.25, -0.2) is 0 Å². The molecule has 0 spiro atoms. The van der Waals surface area contributed by atoms with E-state index in [1.807, 2.05) is 0 Å². The molecule has 4 unspecified atom stereocenters. The Hall–Kier alpha value is -1.63. The van der Waals surface area contributed by atoms with Crippen molar-refractivity contribution in [2.24, 2.45) is 52.3 Å². The Labute approximate surface area is 274 Å². The summed E-state index contributed by atoms with van der Waals surface area (Å²) in [4.78, 5) is 35.4. The van der Waals surface area contributed by atoms with Gasteiger partial charge in [-0.15, -0.1) is 0 Å². The number of unbranched alkanes of at least 4 members (excludes halogenated alkanes) is 1. The van der Waals surface area contributed by atoms with E-state index in [0.717, 1.165) is 60.8 Å². The zero-order valence-corrected chi connectivity index (χ0v) is 29.6. The van der Waals surface area contributed by atoms with Crippen LogP contribution >= 0.6 is 0 Å². The van der Waals surface area contributed by atoms with Crippen LogP contribution in [0.25, 0.3) is 0 Å². The van der Waals surface area contributed by atoms with Crippen molar-refractivity contribution >= 4 is 17.8 Å². The summed E-state index contributed by atoms with van der Waals surface area (Å²) in [5.74, 6) is 4.78. The van der Waals surface area contributed by atoms with Gasteiger partial charge < -0.3 is 21.1 Å². The highest BCUT2D eigenvalue weighted by molar-refractivity contribution is 5.87. The first kappa shape index (κ1) is 36.2. The molecule has 0 bridgehead atoms. The lowest BCUT2D eigenvalue weighted by atomic mass is 9.44. The molecule has 45 heavy (non-hydrogen) atoms. The van der Waals surface area contributed by atoms with Crippen LogP contribution in [-0.2, 0) is 14.4 Å². The first-order valence-corrected chi connectivity index (χ1v) is 18.8. The Morgan fingerprint density at radius 3 is 2.27 bits per heavy atom. The number of carbonyl (C=O) groups is 3. The molecule has 0 aromatic rings. The molecular weight excluding hydrogens is 562 g/mol. The minimum atomic E-state index is -0.970. The van der Waals surface area contributed by atoms with Gasteiger partial charge in [0.2, 0.25) is 11.8 Å². The third kappa shape index (κ3) is 8.65. The number of hydrogen-bond acceptors (Lipinski definition) is 4. The summed E-state index contributed by atoms with van der Waals surface area (Å²) < 4.78 is 0. The van der Waals surface area contributed by atoms with E-state index in [9.17, 15) is 14.4 Å². The molecule has 7 heteroatoms. The number of rotatable bonds is 16. The number of carboxylic acid groups (broad SMARTS) is 1. The van der Waals surface area contributed by atoms with Gasteiger partial charge in [-0.3, -0.25) is 14.4 Å². The fourth-order valence-electron chi connectivity index (χ4n) is 11.2. The van der Waals surface area contributed by atoms with Gasteiger partial charge in [0.25, 0.3) is 0 Å². The zero-order chi connectivity index (χ0) is 32.8. The van der Waals surface area contributed by atoms with Gasteiger partial charge in [0.05, 0.1) is 0 Å². The average Bonchev–Trinajstić information content (AvgIpc) is 3.35. The molecule has 7 nitrogen and oxygen atoms in total. The lowest BCUT2D eigenvalue weighted by molar-refractivity contribution is -0.138. The molecule has 2 amide bonds. The largest absolute Gasteiger partial charge is 0.481 e. The first-order chi connectivity index (χ1) is 21.4. The summed E-state index contributed by atoms with van der Waals surface area (Å²) in [7, 11) is 1.50. The van der Waals surface area contributed by atoms with Gasteiger partial charge >= 0.3 is 5.97 Å². The van der Waals surface area contributed by atoms with E-state index in [1.165, 1.54) is 84.1 Å². The van der Waals surface area contributed by atoms with E-state index >= 15 is 0 Å². The topological polar surface area (TPSA) is 108 Å². The lowest BCUT2D eigenvalue weighted by Gasteiger charge is -2.61. The molecule has 0 aromatic heterocycles. The van der Waals surface area contributed by atoms with E-state index in [1.54, 1.807) is 0 Å². The maximum absolute atomic E-state index is 12.4. The monoisotopic (exact) mass is 630 g/mol. The minimum Gasteiger partial charge on any atom is -0.481 e. The molecule has 0 heterocycles. The van der Waals surface area contributed by atoms with Crippen molar-refractivity contribution in [1.29, 1.82) is 0 Å².